The maximum atomic E-state index is 5.17. The quantitative estimate of drug-likeness (QED) is 0.205. The van der Waals surface area contributed by atoms with E-state index in [9.17, 15) is 0 Å². The SMILES string of the molecule is C#CCC=CCCCCCCCCCCCCC. The van der Waals surface area contributed by atoms with Gasteiger partial charge in [0.15, 0.2) is 0 Å². The van der Waals surface area contributed by atoms with Gasteiger partial charge in [0.05, 0.1) is 0 Å². The molecule has 0 aromatic carbocycles. The van der Waals surface area contributed by atoms with Crippen molar-refractivity contribution < 1.29 is 0 Å². The van der Waals surface area contributed by atoms with Crippen molar-refractivity contribution in [2.45, 2.75) is 90.4 Å². The lowest BCUT2D eigenvalue weighted by Crippen LogP contribution is -1.81. The monoisotopic (exact) mass is 248 g/mol. The number of terminal acetylenes is 1. The van der Waals surface area contributed by atoms with Crippen molar-refractivity contribution in [3.05, 3.63) is 12.2 Å². The topological polar surface area (TPSA) is 0 Å². The fourth-order valence-corrected chi connectivity index (χ4v) is 2.20. The molecule has 18 heavy (non-hydrogen) atoms. The van der Waals surface area contributed by atoms with Gasteiger partial charge in [-0.2, -0.15) is 0 Å². The fourth-order valence-electron chi connectivity index (χ4n) is 2.20. The Morgan fingerprint density at radius 1 is 0.722 bits per heavy atom. The van der Waals surface area contributed by atoms with Crippen LogP contribution in [0.1, 0.15) is 90.4 Å². The van der Waals surface area contributed by atoms with Gasteiger partial charge in [-0.15, -0.1) is 12.3 Å². The third-order valence-electron chi connectivity index (χ3n) is 3.38. The highest BCUT2D eigenvalue weighted by atomic mass is 14.0. The third kappa shape index (κ3) is 15.3. The minimum absolute atomic E-state index is 0.790. The molecule has 0 bridgehead atoms. The summed E-state index contributed by atoms with van der Waals surface area (Å²) in [5.74, 6) is 2.62. The lowest BCUT2D eigenvalue weighted by atomic mass is 10.1. The van der Waals surface area contributed by atoms with E-state index < -0.39 is 0 Å². The highest BCUT2D eigenvalue weighted by Gasteiger charge is 1.92. The van der Waals surface area contributed by atoms with Crippen LogP contribution in [0.5, 0.6) is 0 Å². The summed E-state index contributed by atoms with van der Waals surface area (Å²) in [5, 5.41) is 0. The van der Waals surface area contributed by atoms with E-state index in [-0.39, 0.29) is 0 Å². The zero-order valence-electron chi connectivity index (χ0n) is 12.4. The first-order chi connectivity index (χ1) is 8.91. The van der Waals surface area contributed by atoms with Crippen molar-refractivity contribution in [3.63, 3.8) is 0 Å². The Morgan fingerprint density at radius 3 is 1.72 bits per heavy atom. The minimum Gasteiger partial charge on any atom is -0.120 e. The number of hydrogen-bond acceptors (Lipinski definition) is 0. The summed E-state index contributed by atoms with van der Waals surface area (Å²) in [6.45, 7) is 2.28. The molecule has 0 spiro atoms. The molecule has 0 aliphatic rings. The molecular weight excluding hydrogens is 216 g/mol. The lowest BCUT2D eigenvalue weighted by molar-refractivity contribution is 0.550. The average Bonchev–Trinajstić information content (AvgIpc) is 2.39. The van der Waals surface area contributed by atoms with E-state index in [0.717, 1.165) is 6.42 Å². The van der Waals surface area contributed by atoms with Gasteiger partial charge in [-0.1, -0.05) is 83.3 Å². The zero-order valence-corrected chi connectivity index (χ0v) is 12.4. The van der Waals surface area contributed by atoms with E-state index in [1.165, 1.54) is 77.0 Å². The average molecular weight is 248 g/mol. The summed E-state index contributed by atoms with van der Waals surface area (Å²) >= 11 is 0. The maximum absolute atomic E-state index is 5.17. The molecule has 0 heteroatoms. The smallest absolute Gasteiger partial charge is 0.0267 e. The molecule has 0 amide bonds. The molecule has 0 aliphatic heterocycles. The number of allylic oxidation sites excluding steroid dienone is 2. The molecule has 0 saturated carbocycles. The largest absolute Gasteiger partial charge is 0.120 e. The normalized spacial score (nSPS) is 10.9. The highest BCUT2D eigenvalue weighted by molar-refractivity contribution is 4.96. The molecule has 0 rings (SSSR count). The fraction of sp³-hybridized carbons (Fsp3) is 0.778. The Hall–Kier alpha value is -0.700. The van der Waals surface area contributed by atoms with Crippen molar-refractivity contribution in [2.24, 2.45) is 0 Å². The predicted octanol–water partition coefficient (Wildman–Crippen LogP) is 6.27. The Kier molecular flexibility index (Phi) is 15.7. The standard InChI is InChI=1S/C18H32/c1-3-5-7-9-11-13-15-17-18-16-14-12-10-8-6-4-2/h1,7,9H,4-6,8,10-18H2,2H3. The van der Waals surface area contributed by atoms with Crippen LogP contribution in [0.4, 0.5) is 0 Å². The van der Waals surface area contributed by atoms with Crippen LogP contribution in [0.15, 0.2) is 12.2 Å². The maximum Gasteiger partial charge on any atom is 0.0267 e. The minimum atomic E-state index is 0.790. The predicted molar refractivity (Wildman–Crippen MR) is 83.7 cm³/mol. The van der Waals surface area contributed by atoms with Crippen molar-refractivity contribution in [1.29, 1.82) is 0 Å². The lowest BCUT2D eigenvalue weighted by Gasteiger charge is -2.01. The van der Waals surface area contributed by atoms with E-state index in [4.69, 9.17) is 6.42 Å². The van der Waals surface area contributed by atoms with Gasteiger partial charge < -0.3 is 0 Å². The van der Waals surface area contributed by atoms with Crippen molar-refractivity contribution in [3.8, 4) is 12.3 Å². The van der Waals surface area contributed by atoms with Gasteiger partial charge in [-0.25, -0.2) is 0 Å². The van der Waals surface area contributed by atoms with Crippen LogP contribution in [0.2, 0.25) is 0 Å². The van der Waals surface area contributed by atoms with Crippen molar-refractivity contribution in [1.82, 2.24) is 0 Å². The van der Waals surface area contributed by atoms with Crippen LogP contribution in [0.25, 0.3) is 0 Å². The van der Waals surface area contributed by atoms with Crippen LogP contribution in [-0.4, -0.2) is 0 Å². The molecule has 0 aromatic rings. The number of hydrogen-bond donors (Lipinski definition) is 0. The van der Waals surface area contributed by atoms with Gasteiger partial charge in [0.25, 0.3) is 0 Å². The van der Waals surface area contributed by atoms with Crippen molar-refractivity contribution in [2.75, 3.05) is 0 Å². The van der Waals surface area contributed by atoms with Crippen LogP contribution in [-0.2, 0) is 0 Å². The van der Waals surface area contributed by atoms with Gasteiger partial charge in [0.1, 0.15) is 0 Å². The van der Waals surface area contributed by atoms with Gasteiger partial charge in [-0.05, 0) is 12.8 Å². The molecule has 0 aliphatic carbocycles. The first-order valence-electron chi connectivity index (χ1n) is 8.00. The third-order valence-corrected chi connectivity index (χ3v) is 3.38. The molecule has 0 saturated heterocycles. The first kappa shape index (κ1) is 17.3. The van der Waals surface area contributed by atoms with E-state index >= 15 is 0 Å². The molecular formula is C18H32. The van der Waals surface area contributed by atoms with E-state index in [1.54, 1.807) is 0 Å². The highest BCUT2D eigenvalue weighted by Crippen LogP contribution is 2.11. The Bertz CT molecular complexity index is 207. The van der Waals surface area contributed by atoms with Crippen LogP contribution < -0.4 is 0 Å². The zero-order chi connectivity index (χ0) is 13.3. The molecule has 0 atom stereocenters. The molecule has 0 unspecified atom stereocenters. The summed E-state index contributed by atoms with van der Waals surface area (Å²) in [7, 11) is 0. The van der Waals surface area contributed by atoms with Gasteiger partial charge >= 0.3 is 0 Å². The van der Waals surface area contributed by atoms with Gasteiger partial charge in [-0.3, -0.25) is 0 Å². The van der Waals surface area contributed by atoms with Gasteiger partial charge in [0, 0.05) is 6.42 Å². The second-order valence-corrected chi connectivity index (χ2v) is 5.20. The molecule has 0 N–H and O–H groups in total. The van der Waals surface area contributed by atoms with E-state index in [0.29, 0.717) is 0 Å². The summed E-state index contributed by atoms with van der Waals surface area (Å²) < 4.78 is 0. The molecule has 0 aromatic heterocycles. The van der Waals surface area contributed by atoms with Gasteiger partial charge in [0.2, 0.25) is 0 Å². The molecule has 0 nitrogen and oxygen atoms in total. The van der Waals surface area contributed by atoms with Crippen LogP contribution >= 0.6 is 0 Å². The summed E-state index contributed by atoms with van der Waals surface area (Å²) in [4.78, 5) is 0. The van der Waals surface area contributed by atoms with E-state index in [2.05, 4.69) is 25.0 Å². The Balaban J connectivity index is 2.97. The number of rotatable bonds is 13. The molecule has 0 fully saturated rings. The Morgan fingerprint density at radius 2 is 1.22 bits per heavy atom. The Labute approximate surface area is 115 Å². The van der Waals surface area contributed by atoms with Crippen LogP contribution in [0.3, 0.4) is 0 Å². The summed E-state index contributed by atoms with van der Waals surface area (Å²) in [5.41, 5.74) is 0. The first-order valence-corrected chi connectivity index (χ1v) is 8.00. The molecule has 0 radical (unpaired) electrons. The van der Waals surface area contributed by atoms with E-state index in [1.807, 2.05) is 0 Å². The van der Waals surface area contributed by atoms with Crippen LogP contribution in [0, 0.1) is 12.3 Å². The second kappa shape index (κ2) is 16.3. The van der Waals surface area contributed by atoms with Crippen molar-refractivity contribution >= 4 is 0 Å². The second-order valence-electron chi connectivity index (χ2n) is 5.20. The summed E-state index contributed by atoms with van der Waals surface area (Å²) in [6, 6.07) is 0. The number of unbranched alkanes of at least 4 members (excludes halogenated alkanes) is 11. The molecule has 104 valence electrons. The molecule has 0 heterocycles. The summed E-state index contributed by atoms with van der Waals surface area (Å²) in [6.07, 6.45) is 27.1.